The van der Waals surface area contributed by atoms with Gasteiger partial charge in [-0.15, -0.1) is 0 Å². The first-order valence-electron chi connectivity index (χ1n) is 8.85. The number of nitrogens with zero attached hydrogens (tertiary/aromatic N) is 4. The van der Waals surface area contributed by atoms with Crippen molar-refractivity contribution in [1.29, 1.82) is 0 Å². The molecule has 1 fully saturated rings. The van der Waals surface area contributed by atoms with Crippen molar-refractivity contribution in [3.8, 4) is 0 Å². The van der Waals surface area contributed by atoms with Crippen LogP contribution >= 0.6 is 0 Å². The van der Waals surface area contributed by atoms with Gasteiger partial charge in [-0.1, -0.05) is 25.0 Å². The summed E-state index contributed by atoms with van der Waals surface area (Å²) in [6.45, 7) is 2.78. The Hall–Kier alpha value is -2.50. The van der Waals surface area contributed by atoms with Gasteiger partial charge in [0.1, 0.15) is 5.82 Å². The number of hydrogen-bond acceptors (Lipinski definition) is 4. The summed E-state index contributed by atoms with van der Waals surface area (Å²) in [6, 6.07) is 6.36. The van der Waals surface area contributed by atoms with E-state index < -0.39 is 0 Å². The van der Waals surface area contributed by atoms with Crippen LogP contribution in [0, 0.1) is 5.82 Å². The Morgan fingerprint density at radius 2 is 1.92 bits per heavy atom. The summed E-state index contributed by atoms with van der Waals surface area (Å²) < 4.78 is 13.4. The Bertz CT molecular complexity index is 787. The van der Waals surface area contributed by atoms with Gasteiger partial charge in [0.05, 0.1) is 17.8 Å². The predicted octanol–water partition coefficient (Wildman–Crippen LogP) is 3.15. The molecule has 3 heterocycles. The molecule has 2 aliphatic heterocycles. The average Bonchev–Trinajstić information content (AvgIpc) is 2.80. The molecule has 4 rings (SSSR count). The Morgan fingerprint density at radius 3 is 2.68 bits per heavy atom. The van der Waals surface area contributed by atoms with Crippen molar-refractivity contribution in [3.63, 3.8) is 0 Å². The number of carbonyl (C=O) groups excluding carboxylic acids is 1. The highest BCUT2D eigenvalue weighted by Crippen LogP contribution is 2.25. The zero-order valence-electron chi connectivity index (χ0n) is 14.1. The van der Waals surface area contributed by atoms with Gasteiger partial charge in [-0.25, -0.2) is 14.4 Å². The summed E-state index contributed by atoms with van der Waals surface area (Å²) >= 11 is 0. The van der Waals surface area contributed by atoms with Crippen LogP contribution in [-0.4, -0.2) is 33.9 Å². The highest BCUT2D eigenvalue weighted by atomic mass is 19.1. The first-order valence-corrected chi connectivity index (χ1v) is 8.85. The first-order chi connectivity index (χ1) is 12.2. The molecule has 0 radical (unpaired) electrons. The Labute approximate surface area is 146 Å². The molecular formula is C19H21FN4O. The fourth-order valence-corrected chi connectivity index (χ4v) is 3.54. The van der Waals surface area contributed by atoms with E-state index in [1.807, 2.05) is 6.07 Å². The molecule has 130 valence electrons. The van der Waals surface area contributed by atoms with Gasteiger partial charge in [0.15, 0.2) is 0 Å². The van der Waals surface area contributed by atoms with E-state index in [-0.39, 0.29) is 11.7 Å². The second-order valence-corrected chi connectivity index (χ2v) is 6.72. The summed E-state index contributed by atoms with van der Waals surface area (Å²) in [4.78, 5) is 25.6. The molecule has 6 heteroatoms. The fourth-order valence-electron chi connectivity index (χ4n) is 3.54. The van der Waals surface area contributed by atoms with E-state index in [1.54, 1.807) is 17.2 Å². The van der Waals surface area contributed by atoms with Crippen LogP contribution < -0.4 is 4.90 Å². The number of aromatic nitrogens is 2. The minimum atomic E-state index is -0.287. The lowest BCUT2D eigenvalue weighted by Gasteiger charge is -2.20. The van der Waals surface area contributed by atoms with Crippen LogP contribution in [0.2, 0.25) is 0 Å². The Morgan fingerprint density at radius 1 is 1.12 bits per heavy atom. The quantitative estimate of drug-likeness (QED) is 0.861. The lowest BCUT2D eigenvalue weighted by Crippen LogP contribution is -2.26. The zero-order chi connectivity index (χ0) is 17.2. The molecule has 1 saturated heterocycles. The van der Waals surface area contributed by atoms with Crippen LogP contribution in [0.15, 0.2) is 30.5 Å². The van der Waals surface area contributed by atoms with E-state index in [9.17, 15) is 9.18 Å². The van der Waals surface area contributed by atoms with Crippen molar-refractivity contribution in [2.24, 2.45) is 0 Å². The second kappa shape index (κ2) is 6.78. The maximum Gasteiger partial charge on any atom is 0.258 e. The molecule has 0 atom stereocenters. The number of amides is 1. The lowest BCUT2D eigenvalue weighted by atomic mass is 10.2. The summed E-state index contributed by atoms with van der Waals surface area (Å²) in [5.74, 6) is 0.354. The minimum absolute atomic E-state index is 0.0818. The van der Waals surface area contributed by atoms with Crippen molar-refractivity contribution in [1.82, 2.24) is 14.9 Å². The van der Waals surface area contributed by atoms with Gasteiger partial charge in [-0.05, 0) is 30.5 Å². The maximum atomic E-state index is 13.4. The van der Waals surface area contributed by atoms with Gasteiger partial charge in [0.25, 0.3) is 5.91 Å². The number of carbonyl (C=O) groups is 1. The van der Waals surface area contributed by atoms with Crippen LogP contribution in [0.5, 0.6) is 0 Å². The van der Waals surface area contributed by atoms with E-state index in [0.29, 0.717) is 18.7 Å². The molecule has 2 aliphatic rings. The van der Waals surface area contributed by atoms with E-state index in [4.69, 9.17) is 0 Å². The van der Waals surface area contributed by atoms with Gasteiger partial charge >= 0.3 is 0 Å². The maximum absolute atomic E-state index is 13.4. The standard InChI is InChI=1S/C19H21FN4O/c20-15-7-5-6-14(10-15)12-24-13-17-16(18(24)25)11-21-19(22-17)23-8-3-1-2-4-9-23/h5-7,10-11H,1-4,8-9,12-13H2. The largest absolute Gasteiger partial charge is 0.341 e. The fraction of sp³-hybridized carbons (Fsp3) is 0.421. The van der Waals surface area contributed by atoms with Crippen molar-refractivity contribution < 1.29 is 9.18 Å². The van der Waals surface area contributed by atoms with Gasteiger partial charge in [0.2, 0.25) is 5.95 Å². The molecule has 2 aromatic rings. The molecule has 0 aliphatic carbocycles. The molecular weight excluding hydrogens is 319 g/mol. The van der Waals surface area contributed by atoms with Crippen LogP contribution in [0.1, 0.15) is 47.3 Å². The van der Waals surface area contributed by atoms with Crippen LogP contribution in [0.3, 0.4) is 0 Å². The summed E-state index contributed by atoms with van der Waals surface area (Å²) in [5.41, 5.74) is 2.12. The molecule has 0 N–H and O–H groups in total. The van der Waals surface area contributed by atoms with Gasteiger partial charge in [-0.2, -0.15) is 0 Å². The minimum Gasteiger partial charge on any atom is -0.341 e. The Balaban J connectivity index is 1.52. The number of halogens is 1. The zero-order valence-corrected chi connectivity index (χ0v) is 14.1. The molecule has 1 aromatic heterocycles. The molecule has 1 amide bonds. The average molecular weight is 340 g/mol. The van der Waals surface area contributed by atoms with Crippen molar-refractivity contribution in [2.75, 3.05) is 18.0 Å². The smallest absolute Gasteiger partial charge is 0.258 e. The number of anilines is 1. The third-order valence-electron chi connectivity index (χ3n) is 4.86. The second-order valence-electron chi connectivity index (χ2n) is 6.72. The molecule has 0 saturated carbocycles. The number of fused-ring (bicyclic) bond motifs is 1. The predicted molar refractivity (Wildman–Crippen MR) is 92.7 cm³/mol. The van der Waals surface area contributed by atoms with Gasteiger partial charge in [0, 0.05) is 25.8 Å². The number of rotatable bonds is 3. The summed E-state index contributed by atoms with van der Waals surface area (Å²) in [6.07, 6.45) is 6.47. The highest BCUT2D eigenvalue weighted by molar-refractivity contribution is 5.97. The molecule has 0 spiro atoms. The Kier molecular flexibility index (Phi) is 4.34. The first kappa shape index (κ1) is 16.0. The molecule has 5 nitrogen and oxygen atoms in total. The number of benzene rings is 1. The van der Waals surface area contributed by atoms with Crippen LogP contribution in [0.4, 0.5) is 10.3 Å². The van der Waals surface area contributed by atoms with E-state index in [0.717, 1.165) is 43.1 Å². The topological polar surface area (TPSA) is 49.3 Å². The van der Waals surface area contributed by atoms with Crippen molar-refractivity contribution >= 4 is 11.9 Å². The highest BCUT2D eigenvalue weighted by Gasteiger charge is 2.30. The molecule has 1 aromatic carbocycles. The van der Waals surface area contributed by atoms with Crippen molar-refractivity contribution in [2.45, 2.75) is 38.8 Å². The van der Waals surface area contributed by atoms with Gasteiger partial charge < -0.3 is 9.80 Å². The lowest BCUT2D eigenvalue weighted by molar-refractivity contribution is 0.0766. The van der Waals surface area contributed by atoms with Crippen LogP contribution in [-0.2, 0) is 13.1 Å². The molecule has 25 heavy (non-hydrogen) atoms. The third kappa shape index (κ3) is 3.34. The third-order valence-corrected chi connectivity index (χ3v) is 4.86. The molecule has 0 unspecified atom stereocenters. The monoisotopic (exact) mass is 340 g/mol. The van der Waals surface area contributed by atoms with Crippen LogP contribution in [0.25, 0.3) is 0 Å². The summed E-state index contributed by atoms with van der Waals surface area (Å²) in [7, 11) is 0. The molecule has 0 bridgehead atoms. The van der Waals surface area contributed by atoms with E-state index in [1.165, 1.54) is 25.0 Å². The van der Waals surface area contributed by atoms with Gasteiger partial charge in [-0.3, -0.25) is 4.79 Å². The summed E-state index contributed by atoms with van der Waals surface area (Å²) in [5, 5.41) is 0. The number of hydrogen-bond donors (Lipinski definition) is 0. The SMILES string of the molecule is O=C1c2cnc(N3CCCCCC3)nc2CN1Cc1cccc(F)c1. The normalized spacial score (nSPS) is 17.6. The van der Waals surface area contributed by atoms with Crippen molar-refractivity contribution in [3.05, 3.63) is 53.1 Å². The van der Waals surface area contributed by atoms with E-state index >= 15 is 0 Å². The van der Waals surface area contributed by atoms with E-state index in [2.05, 4.69) is 14.9 Å².